The highest BCUT2D eigenvalue weighted by atomic mass is 35.5. The van der Waals surface area contributed by atoms with Crippen molar-refractivity contribution in [2.24, 2.45) is 5.41 Å². The van der Waals surface area contributed by atoms with E-state index in [4.69, 9.17) is 17.3 Å². The summed E-state index contributed by atoms with van der Waals surface area (Å²) in [6, 6.07) is 5.73. The van der Waals surface area contributed by atoms with E-state index in [1.54, 1.807) is 12.1 Å². The van der Waals surface area contributed by atoms with Gasteiger partial charge in [0.15, 0.2) is 5.82 Å². The molecule has 1 aliphatic rings. The fourth-order valence-corrected chi connectivity index (χ4v) is 3.14. The Morgan fingerprint density at radius 3 is 2.71 bits per heavy atom. The third-order valence-corrected chi connectivity index (χ3v) is 4.64. The molecule has 0 radical (unpaired) electrons. The van der Waals surface area contributed by atoms with Crippen LogP contribution < -0.4 is 5.73 Å². The van der Waals surface area contributed by atoms with Crippen LogP contribution in [0.5, 0.6) is 0 Å². The van der Waals surface area contributed by atoms with Crippen LogP contribution in [0.2, 0.25) is 5.02 Å². The summed E-state index contributed by atoms with van der Waals surface area (Å²) in [4.78, 5) is 0. The first-order chi connectivity index (χ1) is 9.96. The number of nitrogens with two attached hydrogens (primary N) is 1. The fourth-order valence-electron chi connectivity index (χ4n) is 2.97. The average molecular weight is 306 g/mol. The van der Waals surface area contributed by atoms with Gasteiger partial charge in [0.05, 0.1) is 6.04 Å². The minimum absolute atomic E-state index is 0.335. The molecule has 3 rings (SSSR count). The van der Waals surface area contributed by atoms with E-state index in [-0.39, 0.29) is 0 Å². The van der Waals surface area contributed by atoms with Crippen molar-refractivity contribution in [2.75, 3.05) is 5.73 Å². The Balaban J connectivity index is 1.93. The quantitative estimate of drug-likeness (QED) is 0.859. The molecular weight excluding hydrogens is 286 g/mol. The van der Waals surface area contributed by atoms with Crippen LogP contribution in [0.3, 0.4) is 0 Å². The van der Waals surface area contributed by atoms with Crippen LogP contribution >= 0.6 is 11.6 Å². The van der Waals surface area contributed by atoms with Crippen LogP contribution in [0.1, 0.15) is 45.6 Å². The highest BCUT2D eigenvalue weighted by Crippen LogP contribution is 2.41. The molecule has 0 bridgehead atoms. The Morgan fingerprint density at radius 2 is 2.00 bits per heavy atom. The van der Waals surface area contributed by atoms with Crippen molar-refractivity contribution in [1.29, 1.82) is 0 Å². The zero-order valence-corrected chi connectivity index (χ0v) is 13.1. The second kappa shape index (κ2) is 5.30. The molecule has 0 unspecified atom stereocenters. The molecule has 1 saturated carbocycles. The molecule has 1 aromatic heterocycles. The number of halogens is 1. The number of anilines is 1. The van der Waals surface area contributed by atoms with Gasteiger partial charge in [0, 0.05) is 16.3 Å². The molecule has 0 amide bonds. The van der Waals surface area contributed by atoms with E-state index in [0.29, 0.717) is 28.0 Å². The summed E-state index contributed by atoms with van der Waals surface area (Å²) in [6.45, 7) is 4.64. The van der Waals surface area contributed by atoms with Gasteiger partial charge >= 0.3 is 0 Å². The maximum Gasteiger partial charge on any atom is 0.184 e. The molecule has 0 spiro atoms. The Morgan fingerprint density at radius 1 is 1.29 bits per heavy atom. The first kappa shape index (κ1) is 14.3. The second-order valence-corrected chi connectivity index (χ2v) is 7.01. The van der Waals surface area contributed by atoms with Crippen molar-refractivity contribution < 1.29 is 0 Å². The maximum absolute atomic E-state index is 6.08. The maximum atomic E-state index is 6.08. The summed E-state index contributed by atoms with van der Waals surface area (Å²) < 4.78 is 1.91. The van der Waals surface area contributed by atoms with Gasteiger partial charge in [-0.1, -0.05) is 25.4 Å². The van der Waals surface area contributed by atoms with Gasteiger partial charge in [-0.15, -0.1) is 5.10 Å². The van der Waals surface area contributed by atoms with Crippen LogP contribution in [-0.4, -0.2) is 20.2 Å². The normalized spacial score (nSPS) is 18.8. The van der Waals surface area contributed by atoms with Crippen molar-refractivity contribution in [3.63, 3.8) is 0 Å². The lowest BCUT2D eigenvalue weighted by atomic mass is 9.75. The lowest BCUT2D eigenvalue weighted by molar-refractivity contribution is 0.185. The van der Waals surface area contributed by atoms with Gasteiger partial charge in [-0.2, -0.15) is 0 Å². The van der Waals surface area contributed by atoms with Gasteiger partial charge in [0.1, 0.15) is 0 Å². The number of nitrogen functional groups attached to an aromatic ring is 1. The number of hydrogen-bond donors (Lipinski definition) is 1. The lowest BCUT2D eigenvalue weighted by Crippen LogP contribution is -2.24. The van der Waals surface area contributed by atoms with E-state index in [2.05, 4.69) is 29.4 Å². The van der Waals surface area contributed by atoms with Crippen LogP contribution in [0.15, 0.2) is 18.2 Å². The first-order valence-corrected chi connectivity index (χ1v) is 7.67. The van der Waals surface area contributed by atoms with Gasteiger partial charge < -0.3 is 5.73 Å². The van der Waals surface area contributed by atoms with Crippen molar-refractivity contribution in [1.82, 2.24) is 20.2 Å². The summed E-state index contributed by atoms with van der Waals surface area (Å²) in [6.07, 6.45) is 4.54. The molecule has 112 valence electrons. The molecule has 1 aromatic carbocycles. The van der Waals surface area contributed by atoms with E-state index in [0.717, 1.165) is 18.4 Å². The number of tetrazole rings is 1. The number of aromatic nitrogens is 4. The highest BCUT2D eigenvalue weighted by Gasteiger charge is 2.30. The second-order valence-electron chi connectivity index (χ2n) is 6.57. The molecular formula is C15H20ClN5. The minimum Gasteiger partial charge on any atom is -0.398 e. The van der Waals surface area contributed by atoms with Crippen LogP contribution in [0.25, 0.3) is 11.4 Å². The number of hydrogen-bond acceptors (Lipinski definition) is 4. The van der Waals surface area contributed by atoms with Gasteiger partial charge in [-0.05, 0) is 59.7 Å². The molecule has 5 nitrogen and oxygen atoms in total. The van der Waals surface area contributed by atoms with Crippen molar-refractivity contribution in [3.8, 4) is 11.4 Å². The highest BCUT2D eigenvalue weighted by molar-refractivity contribution is 6.31. The monoisotopic (exact) mass is 305 g/mol. The minimum atomic E-state index is 0.335. The smallest absolute Gasteiger partial charge is 0.184 e. The third-order valence-electron chi connectivity index (χ3n) is 4.40. The topological polar surface area (TPSA) is 69.6 Å². The molecule has 2 aromatic rings. The molecule has 2 N–H and O–H groups in total. The predicted molar refractivity (Wildman–Crippen MR) is 84.0 cm³/mol. The summed E-state index contributed by atoms with van der Waals surface area (Å²) in [5, 5.41) is 12.8. The molecule has 1 aliphatic carbocycles. The summed E-state index contributed by atoms with van der Waals surface area (Å²) in [5.41, 5.74) is 7.92. The zero-order valence-electron chi connectivity index (χ0n) is 12.4. The van der Waals surface area contributed by atoms with Crippen LogP contribution in [-0.2, 0) is 0 Å². The third kappa shape index (κ3) is 2.88. The van der Waals surface area contributed by atoms with Crippen molar-refractivity contribution in [2.45, 2.75) is 45.6 Å². The van der Waals surface area contributed by atoms with E-state index in [1.807, 2.05) is 10.7 Å². The van der Waals surface area contributed by atoms with E-state index >= 15 is 0 Å². The molecule has 0 aliphatic heterocycles. The number of benzene rings is 1. The van der Waals surface area contributed by atoms with Crippen molar-refractivity contribution >= 4 is 17.3 Å². The molecule has 1 fully saturated rings. The predicted octanol–water partition coefficient (Wildman–Crippen LogP) is 3.72. The SMILES string of the molecule is CC1(C)CCC(n2nnnc2-c2cc(Cl)ccc2N)CC1. The van der Waals surface area contributed by atoms with Gasteiger partial charge in [0.25, 0.3) is 0 Å². The number of rotatable bonds is 2. The Labute approximate surface area is 129 Å². The standard InChI is InChI=1S/C15H20ClN5/c1-15(2)7-5-11(6-8-15)21-14(18-19-20-21)12-9-10(16)3-4-13(12)17/h3-4,9,11H,5-8,17H2,1-2H3. The molecule has 0 saturated heterocycles. The Hall–Kier alpha value is -1.62. The molecule has 6 heteroatoms. The van der Waals surface area contributed by atoms with Gasteiger partial charge in [-0.3, -0.25) is 0 Å². The largest absolute Gasteiger partial charge is 0.398 e. The summed E-state index contributed by atoms with van der Waals surface area (Å²) in [7, 11) is 0. The van der Waals surface area contributed by atoms with Gasteiger partial charge in [-0.25, -0.2) is 4.68 Å². The van der Waals surface area contributed by atoms with E-state index < -0.39 is 0 Å². The van der Waals surface area contributed by atoms with Crippen LogP contribution in [0.4, 0.5) is 5.69 Å². The summed E-state index contributed by atoms with van der Waals surface area (Å²) >= 11 is 6.08. The number of nitrogens with zero attached hydrogens (tertiary/aromatic N) is 4. The average Bonchev–Trinajstić information content (AvgIpc) is 2.90. The zero-order chi connectivity index (χ0) is 15.0. The molecule has 1 heterocycles. The van der Waals surface area contributed by atoms with E-state index in [9.17, 15) is 0 Å². The van der Waals surface area contributed by atoms with Gasteiger partial charge in [0.2, 0.25) is 0 Å². The molecule has 0 atom stereocenters. The fraction of sp³-hybridized carbons (Fsp3) is 0.533. The van der Waals surface area contributed by atoms with Crippen LogP contribution in [0, 0.1) is 5.41 Å². The Kier molecular flexibility index (Phi) is 3.61. The summed E-state index contributed by atoms with van der Waals surface area (Å²) in [5.74, 6) is 0.708. The molecule has 21 heavy (non-hydrogen) atoms. The first-order valence-electron chi connectivity index (χ1n) is 7.29. The van der Waals surface area contributed by atoms with E-state index in [1.165, 1.54) is 12.8 Å². The lowest BCUT2D eigenvalue weighted by Gasteiger charge is -2.34. The Bertz CT molecular complexity index is 639. The van der Waals surface area contributed by atoms with Crippen molar-refractivity contribution in [3.05, 3.63) is 23.2 Å².